The standard InChI is InChI=1S/C18H32N2O8S.C17H30N2O6.C6H15N.CH3ClO2S/c1-17(2,3)13(19-16(23)27-18(4,5)6)14(21)20-10-11(28-29(8,24)25)9-12(20)15(22)26-7;1-16(2,3)12(18-15(23)25-17(4,5)6)13(21)19-9-10(20)8-11(19)14(22)24-7;1-4-7(5-2)6-3;1-5(2,3)4/h11-13H,9-10H2,1-8H3,(H,19,23);10-12,20H,8-9H2,1-7H3,(H,18,23);4-6H2,1-3H3;1H3/t11-,12-,13+;10-,11-,12+;;/m00../s1. The zero-order valence-electron chi connectivity index (χ0n) is 42.5. The van der Waals surface area contributed by atoms with Crippen LogP contribution in [0.3, 0.4) is 0 Å². The second-order valence-corrected chi connectivity index (χ2v) is 24.4. The molecule has 21 nitrogen and oxygen atoms in total. The quantitative estimate of drug-likeness (QED) is 0.115. The highest BCUT2D eigenvalue weighted by Gasteiger charge is 2.48. The van der Waals surface area contributed by atoms with Crippen molar-refractivity contribution in [1.29, 1.82) is 0 Å². The van der Waals surface area contributed by atoms with Crippen molar-refractivity contribution in [3.8, 4) is 0 Å². The number of β-amino-alcohol motifs (C(OH)–C–C–N with tert-alkyl or cyclic N) is 1. The molecule has 2 fully saturated rings. The summed E-state index contributed by atoms with van der Waals surface area (Å²) in [6.45, 7) is 30.9. The van der Waals surface area contributed by atoms with Gasteiger partial charge in [-0.1, -0.05) is 62.3 Å². The van der Waals surface area contributed by atoms with E-state index in [2.05, 4.69) is 47.0 Å². The molecule has 0 aromatic rings. The summed E-state index contributed by atoms with van der Waals surface area (Å²) in [5.41, 5.74) is -2.80. The van der Waals surface area contributed by atoms with Gasteiger partial charge in [-0.3, -0.25) is 13.8 Å². The van der Waals surface area contributed by atoms with Gasteiger partial charge in [-0.15, -0.1) is 0 Å². The van der Waals surface area contributed by atoms with Gasteiger partial charge in [-0.2, -0.15) is 8.42 Å². The van der Waals surface area contributed by atoms with Crippen LogP contribution in [0.4, 0.5) is 9.59 Å². The van der Waals surface area contributed by atoms with Gasteiger partial charge >= 0.3 is 24.1 Å². The lowest BCUT2D eigenvalue weighted by atomic mass is 9.85. The number of rotatable bonds is 11. The number of carbonyl (C=O) groups excluding carboxylic acids is 6. The zero-order valence-corrected chi connectivity index (χ0v) is 44.9. The van der Waals surface area contributed by atoms with Gasteiger partial charge in [0.05, 0.1) is 38.9 Å². The van der Waals surface area contributed by atoms with Crippen LogP contribution in [-0.4, -0.2) is 180 Å². The molecular weight excluding hydrogens is 930 g/mol. The number of aliphatic hydroxyl groups is 1. The summed E-state index contributed by atoms with van der Waals surface area (Å²) in [5.74, 6) is -2.29. The summed E-state index contributed by atoms with van der Waals surface area (Å²) < 4.78 is 66.6. The number of methoxy groups -OCH3 is 2. The first-order valence-electron chi connectivity index (χ1n) is 21.5. The minimum absolute atomic E-state index is 0.0151. The number of nitrogens with one attached hydrogen (secondary N) is 2. The second kappa shape index (κ2) is 26.9. The van der Waals surface area contributed by atoms with Crippen LogP contribution in [0.1, 0.15) is 117 Å². The van der Waals surface area contributed by atoms with Crippen LogP contribution in [0.2, 0.25) is 0 Å². The normalized spacial score (nSPS) is 19.8. The van der Waals surface area contributed by atoms with Crippen LogP contribution in [0.5, 0.6) is 0 Å². The fraction of sp³-hybridized carbons (Fsp3) is 0.857. The smallest absolute Gasteiger partial charge is 0.408 e. The highest BCUT2D eigenvalue weighted by molar-refractivity contribution is 8.13. The largest absolute Gasteiger partial charge is 0.467 e. The highest BCUT2D eigenvalue weighted by Crippen LogP contribution is 2.29. The zero-order chi connectivity index (χ0) is 52.6. The summed E-state index contributed by atoms with van der Waals surface area (Å²) in [6.07, 6.45) is -1.29. The first kappa shape index (κ1) is 64.6. The van der Waals surface area contributed by atoms with Gasteiger partial charge in [0.2, 0.25) is 20.9 Å². The van der Waals surface area contributed by atoms with Gasteiger partial charge in [-0.25, -0.2) is 27.6 Å². The Bertz CT molecular complexity index is 1810. The Morgan fingerprint density at radius 3 is 1.23 bits per heavy atom. The molecule has 0 spiro atoms. The lowest BCUT2D eigenvalue weighted by Gasteiger charge is -2.35. The molecule has 0 aliphatic carbocycles. The van der Waals surface area contributed by atoms with Crippen molar-refractivity contribution in [3.05, 3.63) is 0 Å². The van der Waals surface area contributed by atoms with Gasteiger partial charge in [0.1, 0.15) is 35.4 Å². The molecule has 0 unspecified atom stereocenters. The van der Waals surface area contributed by atoms with Crippen molar-refractivity contribution in [2.24, 2.45) is 10.8 Å². The molecule has 4 amide bonds. The van der Waals surface area contributed by atoms with E-state index < -0.39 is 114 Å². The summed E-state index contributed by atoms with van der Waals surface area (Å²) in [7, 11) is -0.0639. The van der Waals surface area contributed by atoms with Crippen molar-refractivity contribution < 1.29 is 73.8 Å². The van der Waals surface area contributed by atoms with Crippen LogP contribution in [0, 0.1) is 10.8 Å². The molecule has 0 aromatic carbocycles. The average molecular weight is 1010 g/mol. The Morgan fingerprint density at radius 1 is 0.652 bits per heavy atom. The summed E-state index contributed by atoms with van der Waals surface area (Å²) in [6, 6.07) is -3.83. The van der Waals surface area contributed by atoms with Crippen molar-refractivity contribution >= 4 is 65.8 Å². The summed E-state index contributed by atoms with van der Waals surface area (Å²) in [4.78, 5) is 79.6. The molecule has 24 heteroatoms. The van der Waals surface area contributed by atoms with Crippen molar-refractivity contribution in [3.63, 3.8) is 0 Å². The molecule has 0 saturated carbocycles. The SMILES string of the molecule is CCN(CC)CC.COC(=O)[C@@H]1C[C@H](O)CN1C(=O)[C@@H](NC(=O)OC(C)(C)C)C(C)(C)C.COC(=O)[C@@H]1C[C@H](OS(C)(=O)=O)CN1C(=O)[C@@H](NC(=O)OC(C)(C)C)C(C)(C)C.CS(=O)(=O)Cl. The number of nitrogens with zero attached hydrogens (tertiary/aromatic N) is 3. The third kappa shape index (κ3) is 26.7. The van der Waals surface area contributed by atoms with Gasteiger partial charge < -0.3 is 49.4 Å². The van der Waals surface area contributed by atoms with E-state index in [1.807, 2.05) is 0 Å². The van der Waals surface area contributed by atoms with Gasteiger partial charge in [0.15, 0.2) is 0 Å². The number of amides is 4. The molecule has 3 N–H and O–H groups in total. The average Bonchev–Trinajstić information content (AvgIpc) is 3.72. The van der Waals surface area contributed by atoms with Crippen LogP contribution < -0.4 is 10.6 Å². The molecule has 0 radical (unpaired) electrons. The van der Waals surface area contributed by atoms with E-state index in [1.165, 1.54) is 43.7 Å². The number of hydrogen-bond donors (Lipinski definition) is 3. The number of esters is 2. The van der Waals surface area contributed by atoms with Crippen LogP contribution in [0.15, 0.2) is 0 Å². The highest BCUT2D eigenvalue weighted by atomic mass is 35.7. The first-order valence-corrected chi connectivity index (χ1v) is 26.0. The molecule has 6 atom stereocenters. The number of halogens is 1. The Hall–Kier alpha value is -3.51. The monoisotopic (exact) mass is 1010 g/mol. The maximum Gasteiger partial charge on any atom is 0.408 e. The molecule has 2 saturated heterocycles. The molecule has 2 aliphatic rings. The van der Waals surface area contributed by atoms with E-state index in [4.69, 9.17) is 23.1 Å². The number of alkyl carbamates (subject to hydrolysis) is 2. The first-order chi connectivity index (χ1) is 29.5. The molecule has 388 valence electrons. The van der Waals surface area contributed by atoms with Crippen LogP contribution in [-0.2, 0) is 61.5 Å². The van der Waals surface area contributed by atoms with E-state index >= 15 is 0 Å². The number of aliphatic hydroxyl groups excluding tert-OH is 1. The summed E-state index contributed by atoms with van der Waals surface area (Å²) in [5, 5.41) is 15.0. The fourth-order valence-corrected chi connectivity index (χ4v) is 6.92. The van der Waals surface area contributed by atoms with Crippen molar-refractivity contribution in [2.75, 3.05) is 59.5 Å². The summed E-state index contributed by atoms with van der Waals surface area (Å²) >= 11 is 0. The number of likely N-dealkylation sites (tertiary alicyclic amines) is 2. The number of ether oxygens (including phenoxy) is 4. The Balaban J connectivity index is 0. The van der Waals surface area contributed by atoms with Gasteiger partial charge in [0.25, 0.3) is 10.1 Å². The maximum atomic E-state index is 13.3. The second-order valence-electron chi connectivity index (χ2n) is 19.8. The molecule has 2 rings (SSSR count). The predicted molar refractivity (Wildman–Crippen MR) is 249 cm³/mol. The Morgan fingerprint density at radius 2 is 0.970 bits per heavy atom. The van der Waals surface area contributed by atoms with Crippen molar-refractivity contribution in [2.45, 2.75) is 164 Å². The van der Waals surface area contributed by atoms with E-state index in [-0.39, 0.29) is 25.9 Å². The number of hydrogen-bond acceptors (Lipinski definition) is 17. The third-order valence-electron chi connectivity index (χ3n) is 9.26. The Kier molecular flexibility index (Phi) is 26.3. The van der Waals surface area contributed by atoms with Gasteiger partial charge in [0, 0.05) is 36.6 Å². The molecule has 0 bridgehead atoms. The molecule has 0 aromatic heterocycles. The topological polar surface area (TPSA) is 271 Å². The fourth-order valence-electron chi connectivity index (χ4n) is 6.28. The molecule has 66 heavy (non-hydrogen) atoms. The molecule has 2 aliphatic heterocycles. The predicted octanol–water partition coefficient (Wildman–Crippen LogP) is 3.64. The third-order valence-corrected chi connectivity index (χ3v) is 9.88. The van der Waals surface area contributed by atoms with E-state index in [9.17, 15) is 50.7 Å². The minimum Gasteiger partial charge on any atom is -0.467 e. The van der Waals surface area contributed by atoms with Gasteiger partial charge in [-0.05, 0) is 72.0 Å². The lowest BCUT2D eigenvalue weighted by Crippen LogP contribution is -2.57. The minimum atomic E-state index is -3.78. The molecule has 2 heterocycles. The number of carbonyl (C=O) groups is 6. The Labute approximate surface area is 398 Å². The lowest BCUT2D eigenvalue weighted by molar-refractivity contribution is -0.152. The molecular formula is C42H80ClN5O16S2. The van der Waals surface area contributed by atoms with E-state index in [0.29, 0.717) is 0 Å². The maximum absolute atomic E-state index is 13.3. The van der Waals surface area contributed by atoms with Crippen molar-refractivity contribution in [1.82, 2.24) is 25.3 Å². The van der Waals surface area contributed by atoms with Crippen LogP contribution in [0.25, 0.3) is 0 Å². The van der Waals surface area contributed by atoms with E-state index in [1.54, 1.807) is 83.1 Å². The van der Waals surface area contributed by atoms with E-state index in [0.717, 1.165) is 12.5 Å². The van der Waals surface area contributed by atoms with Crippen LogP contribution >= 0.6 is 10.7 Å².